The standard InChI is InChI=1S/C40H45N3O7Si/c1-28-38(51(3,4)48)36(24-37(46)41(20-21-44)25-29-12-7-5-8-13-29)50-40(28)34-23-33(49-2)18-19-35(34)42(39(40)47)26-30-14-11-17-32(22-30)43(27-45)31-15-9-6-10-16-31/h5-19,22-23,27-28,36,38,44,48H,20-21,24-26H2,1-4H3/t28-,36+,38-,40+/m1/s1. The molecule has 4 aromatic rings. The third-order valence-corrected chi connectivity index (χ3v) is 12.7. The van der Waals surface area contributed by atoms with Gasteiger partial charge in [0.15, 0.2) is 13.9 Å². The SMILES string of the molecule is COc1ccc2c(c1)[C@]1(O[C@@H](CC(=O)N(CCO)Cc3ccccc3)[C@H]([Si](C)(C)O)[C@H]1C)C(=O)N2Cc1cccc(N(C=O)c2ccccc2)c1. The molecule has 0 aliphatic carbocycles. The van der Waals surface area contributed by atoms with E-state index in [1.807, 2.05) is 117 Å². The van der Waals surface area contributed by atoms with Gasteiger partial charge in [0, 0.05) is 41.5 Å². The molecule has 6 rings (SSSR count). The van der Waals surface area contributed by atoms with Gasteiger partial charge in [0.1, 0.15) is 5.75 Å². The van der Waals surface area contributed by atoms with Crippen molar-refractivity contribution in [3.8, 4) is 5.75 Å². The zero-order valence-corrected chi connectivity index (χ0v) is 30.4. The van der Waals surface area contributed by atoms with Gasteiger partial charge in [0.25, 0.3) is 5.91 Å². The van der Waals surface area contributed by atoms with Crippen LogP contribution in [0.25, 0.3) is 0 Å². The molecule has 0 unspecified atom stereocenters. The van der Waals surface area contributed by atoms with Gasteiger partial charge in [-0.15, -0.1) is 0 Å². The molecule has 2 N–H and O–H groups in total. The van der Waals surface area contributed by atoms with Crippen molar-refractivity contribution >= 4 is 43.6 Å². The lowest BCUT2D eigenvalue weighted by Gasteiger charge is -2.32. The van der Waals surface area contributed by atoms with Crippen molar-refractivity contribution in [1.29, 1.82) is 0 Å². The Bertz CT molecular complexity index is 1870. The Morgan fingerprint density at radius 3 is 2.27 bits per heavy atom. The lowest BCUT2D eigenvalue weighted by Crippen LogP contribution is -2.46. The van der Waals surface area contributed by atoms with Crippen LogP contribution in [-0.4, -0.2) is 67.7 Å². The van der Waals surface area contributed by atoms with Gasteiger partial charge in [-0.25, -0.2) is 0 Å². The third kappa shape index (κ3) is 6.94. The lowest BCUT2D eigenvalue weighted by atomic mass is 9.82. The number of benzene rings is 4. The summed E-state index contributed by atoms with van der Waals surface area (Å²) in [6.45, 7) is 6.03. The Morgan fingerprint density at radius 1 is 0.961 bits per heavy atom. The molecule has 2 heterocycles. The highest BCUT2D eigenvalue weighted by molar-refractivity contribution is 6.71. The van der Waals surface area contributed by atoms with E-state index < -0.39 is 31.5 Å². The van der Waals surface area contributed by atoms with Crippen LogP contribution in [0.15, 0.2) is 103 Å². The molecular formula is C40H45N3O7Si. The van der Waals surface area contributed by atoms with Gasteiger partial charge in [-0.2, -0.15) is 0 Å². The fourth-order valence-electron chi connectivity index (χ4n) is 7.90. The molecule has 1 saturated heterocycles. The highest BCUT2D eigenvalue weighted by Crippen LogP contribution is 2.60. The van der Waals surface area contributed by atoms with Crippen molar-refractivity contribution < 1.29 is 33.8 Å². The molecule has 2 aliphatic rings. The smallest absolute Gasteiger partial charge is 0.264 e. The molecule has 2 aliphatic heterocycles. The van der Waals surface area contributed by atoms with E-state index in [2.05, 4.69) is 0 Å². The Labute approximate surface area is 300 Å². The summed E-state index contributed by atoms with van der Waals surface area (Å²) in [5.41, 5.74) is 2.44. The number of fused-ring (bicyclic) bond motifs is 2. The van der Waals surface area contributed by atoms with Gasteiger partial charge in [-0.05, 0) is 66.7 Å². The highest BCUT2D eigenvalue weighted by Gasteiger charge is 2.66. The second-order valence-electron chi connectivity index (χ2n) is 13.8. The summed E-state index contributed by atoms with van der Waals surface area (Å²) in [6.07, 6.45) is -0.0469. The number of anilines is 3. The Kier molecular flexibility index (Phi) is 10.5. The second-order valence-corrected chi connectivity index (χ2v) is 17.8. The van der Waals surface area contributed by atoms with Crippen molar-refractivity contribution in [3.63, 3.8) is 0 Å². The van der Waals surface area contributed by atoms with Gasteiger partial charge in [-0.1, -0.05) is 67.6 Å². The number of aliphatic hydroxyl groups is 1. The Morgan fingerprint density at radius 2 is 1.63 bits per heavy atom. The Balaban J connectivity index is 1.35. The number of nitrogens with zero attached hydrogens (tertiary/aromatic N) is 3. The number of carbonyl (C=O) groups is 3. The maximum Gasteiger partial charge on any atom is 0.264 e. The van der Waals surface area contributed by atoms with Crippen molar-refractivity contribution in [2.75, 3.05) is 30.1 Å². The van der Waals surface area contributed by atoms with Crippen molar-refractivity contribution in [3.05, 3.63) is 120 Å². The number of hydrogen-bond donors (Lipinski definition) is 2. The van der Waals surface area contributed by atoms with Gasteiger partial charge >= 0.3 is 0 Å². The summed E-state index contributed by atoms with van der Waals surface area (Å²) in [4.78, 5) is 57.7. The summed E-state index contributed by atoms with van der Waals surface area (Å²) in [5, 5.41) is 9.84. The number of ether oxygens (including phenoxy) is 2. The maximum atomic E-state index is 15.0. The molecule has 10 nitrogen and oxygen atoms in total. The monoisotopic (exact) mass is 707 g/mol. The Hall–Kier alpha value is -4.81. The highest BCUT2D eigenvalue weighted by atomic mass is 28.4. The lowest BCUT2D eigenvalue weighted by molar-refractivity contribution is -0.150. The van der Waals surface area contributed by atoms with E-state index >= 15 is 0 Å². The largest absolute Gasteiger partial charge is 0.497 e. The molecule has 1 fully saturated rings. The predicted molar refractivity (Wildman–Crippen MR) is 198 cm³/mol. The molecule has 0 radical (unpaired) electrons. The molecular weight excluding hydrogens is 663 g/mol. The summed E-state index contributed by atoms with van der Waals surface area (Å²) >= 11 is 0. The number of methoxy groups -OCH3 is 1. The third-order valence-electron chi connectivity index (χ3n) is 10.2. The first-order valence-corrected chi connectivity index (χ1v) is 20.3. The van der Waals surface area contributed by atoms with Gasteiger partial charge in [0.2, 0.25) is 12.3 Å². The van der Waals surface area contributed by atoms with E-state index in [0.717, 1.165) is 23.2 Å². The first-order chi connectivity index (χ1) is 24.5. The molecule has 4 atom stereocenters. The average Bonchev–Trinajstić information content (AvgIpc) is 3.55. The fraction of sp³-hybridized carbons (Fsp3) is 0.325. The molecule has 51 heavy (non-hydrogen) atoms. The van der Waals surface area contributed by atoms with E-state index in [9.17, 15) is 24.3 Å². The molecule has 0 aromatic heterocycles. The average molecular weight is 708 g/mol. The molecule has 0 saturated carbocycles. The molecule has 0 bridgehead atoms. The first kappa shape index (κ1) is 36.0. The van der Waals surface area contributed by atoms with Crippen LogP contribution in [0.1, 0.15) is 30.0 Å². The number of amides is 3. The zero-order valence-electron chi connectivity index (χ0n) is 29.4. The molecule has 11 heteroatoms. The maximum absolute atomic E-state index is 15.0. The van der Waals surface area contributed by atoms with E-state index in [4.69, 9.17) is 9.47 Å². The molecule has 4 aromatic carbocycles. The quantitative estimate of drug-likeness (QED) is 0.134. The zero-order chi connectivity index (χ0) is 36.3. The van der Waals surface area contributed by atoms with Crippen molar-refractivity contribution in [1.82, 2.24) is 4.90 Å². The van der Waals surface area contributed by atoms with Crippen molar-refractivity contribution in [2.24, 2.45) is 5.92 Å². The fourth-order valence-corrected chi connectivity index (χ4v) is 10.5. The number of para-hydroxylation sites is 1. The first-order valence-electron chi connectivity index (χ1n) is 17.2. The van der Waals surface area contributed by atoms with Gasteiger partial charge in [-0.3, -0.25) is 19.3 Å². The normalized spacial score (nSPS) is 21.1. The minimum atomic E-state index is -3.05. The minimum absolute atomic E-state index is 0.0593. The van der Waals surface area contributed by atoms with Crippen LogP contribution in [0.4, 0.5) is 17.1 Å². The molecule has 3 amide bonds. The van der Waals surface area contributed by atoms with Crippen LogP contribution in [0.2, 0.25) is 18.6 Å². The summed E-state index contributed by atoms with van der Waals surface area (Å²) in [7, 11) is -1.48. The summed E-state index contributed by atoms with van der Waals surface area (Å²) in [5.74, 6) is -0.443. The van der Waals surface area contributed by atoms with Gasteiger partial charge < -0.3 is 29.2 Å². The van der Waals surface area contributed by atoms with E-state index in [0.29, 0.717) is 29.2 Å². The van der Waals surface area contributed by atoms with E-state index in [-0.39, 0.29) is 37.9 Å². The van der Waals surface area contributed by atoms with Crippen molar-refractivity contribution in [2.45, 2.75) is 56.8 Å². The van der Waals surface area contributed by atoms with Gasteiger partial charge in [0.05, 0.1) is 38.5 Å². The van der Waals surface area contributed by atoms with Crippen LogP contribution >= 0.6 is 0 Å². The van der Waals surface area contributed by atoms with Crippen LogP contribution in [0, 0.1) is 5.92 Å². The predicted octanol–water partition coefficient (Wildman–Crippen LogP) is 5.75. The second kappa shape index (κ2) is 14.8. The van der Waals surface area contributed by atoms with Crippen LogP contribution < -0.4 is 14.5 Å². The molecule has 1 spiro atoms. The summed E-state index contributed by atoms with van der Waals surface area (Å²) < 4.78 is 12.5. The number of hydrogen-bond acceptors (Lipinski definition) is 7. The number of carbonyl (C=O) groups excluding carboxylic acids is 3. The topological polar surface area (TPSA) is 120 Å². The number of aliphatic hydroxyl groups excluding tert-OH is 1. The van der Waals surface area contributed by atoms with Crippen LogP contribution in [0.5, 0.6) is 5.75 Å². The number of rotatable bonds is 13. The van der Waals surface area contributed by atoms with Crippen LogP contribution in [-0.2, 0) is 37.8 Å². The molecule has 266 valence electrons. The van der Waals surface area contributed by atoms with E-state index in [1.165, 1.54) is 0 Å². The minimum Gasteiger partial charge on any atom is -0.497 e. The summed E-state index contributed by atoms with van der Waals surface area (Å²) in [6, 6.07) is 31.9. The van der Waals surface area contributed by atoms with Crippen LogP contribution in [0.3, 0.4) is 0 Å². The van der Waals surface area contributed by atoms with E-state index in [1.54, 1.807) is 27.9 Å².